The average molecular weight is 404 g/mol. The first-order valence-corrected chi connectivity index (χ1v) is 12.7. The van der Waals surface area contributed by atoms with E-state index in [0.29, 0.717) is 0 Å². The van der Waals surface area contributed by atoms with E-state index in [1.807, 2.05) is 36.4 Å². The molecule has 0 saturated heterocycles. The fraction of sp³-hybridized carbons (Fsp3) is 0.333. The maximum Gasteiger partial charge on any atom is 0.261 e. The Kier molecular flexibility index (Phi) is 6.81. The maximum atomic E-state index is 11.7. The van der Waals surface area contributed by atoms with Crippen molar-refractivity contribution in [3.05, 3.63) is 73.3 Å². The van der Waals surface area contributed by atoms with Gasteiger partial charge in [-0.25, -0.2) is 13.1 Å². The zero-order chi connectivity index (χ0) is 20.1. The lowest BCUT2D eigenvalue weighted by atomic mass is 10.2. The van der Waals surface area contributed by atoms with Crippen LogP contribution in [0.4, 0.5) is 0 Å². The van der Waals surface area contributed by atoms with Gasteiger partial charge in [0.15, 0.2) is 0 Å². The Morgan fingerprint density at radius 3 is 1.81 bits per heavy atom. The summed E-state index contributed by atoms with van der Waals surface area (Å²) in [6.07, 6.45) is 2.73. The molecule has 2 rings (SSSR count). The second kappa shape index (κ2) is 8.52. The van der Waals surface area contributed by atoms with Crippen LogP contribution in [0.15, 0.2) is 73.3 Å². The molecule has 4 nitrogen and oxygen atoms in total. The first-order chi connectivity index (χ1) is 12.6. The fourth-order valence-corrected chi connectivity index (χ4v) is 8.70. The Hall–Kier alpha value is -1.73. The lowest BCUT2D eigenvalue weighted by Crippen LogP contribution is -2.67. The third kappa shape index (κ3) is 5.16. The Bertz CT molecular complexity index is 807. The third-order valence-corrected chi connectivity index (χ3v) is 10.3. The SMILES string of the molecule is C=C[C@@H](CO[Si](c1ccccc1)(c1ccccc1)C(C)(C)C)NS(C)(=O)=O. The standard InChI is InChI=1S/C21H29NO3SSi/c1-6-18(22-26(5,23)24)17-25-27(21(2,3)4,19-13-9-7-10-14-19)20-15-11-8-12-16-20/h6-16,18,22H,1,17H2,2-5H3/t18-/m0/s1. The van der Waals surface area contributed by atoms with Crippen molar-refractivity contribution in [1.29, 1.82) is 0 Å². The average Bonchev–Trinajstić information content (AvgIpc) is 2.61. The highest BCUT2D eigenvalue weighted by Crippen LogP contribution is 2.36. The van der Waals surface area contributed by atoms with E-state index < -0.39 is 24.4 Å². The van der Waals surface area contributed by atoms with Crippen LogP contribution < -0.4 is 15.1 Å². The van der Waals surface area contributed by atoms with Gasteiger partial charge in [0.1, 0.15) is 0 Å². The van der Waals surface area contributed by atoms with Crippen LogP contribution >= 0.6 is 0 Å². The Morgan fingerprint density at radius 2 is 1.48 bits per heavy atom. The number of hydrogen-bond donors (Lipinski definition) is 1. The second-order valence-electron chi connectivity index (χ2n) is 7.71. The number of rotatable bonds is 8. The fourth-order valence-electron chi connectivity index (χ4n) is 3.40. The molecule has 0 saturated carbocycles. The topological polar surface area (TPSA) is 55.4 Å². The van der Waals surface area contributed by atoms with Crippen LogP contribution in [0.1, 0.15) is 20.8 Å². The van der Waals surface area contributed by atoms with Crippen molar-refractivity contribution in [2.75, 3.05) is 12.9 Å². The maximum absolute atomic E-state index is 11.7. The van der Waals surface area contributed by atoms with Gasteiger partial charge in [0.05, 0.1) is 18.9 Å². The quantitative estimate of drug-likeness (QED) is 0.545. The molecule has 0 bridgehead atoms. The molecule has 1 N–H and O–H groups in total. The van der Waals surface area contributed by atoms with Gasteiger partial charge in [-0.05, 0) is 15.4 Å². The van der Waals surface area contributed by atoms with Gasteiger partial charge in [0.25, 0.3) is 8.32 Å². The van der Waals surface area contributed by atoms with Gasteiger partial charge in [-0.2, -0.15) is 0 Å². The molecular formula is C21H29NO3SSi. The molecule has 0 radical (unpaired) electrons. The van der Waals surface area contributed by atoms with Gasteiger partial charge in [-0.3, -0.25) is 0 Å². The number of benzene rings is 2. The lowest BCUT2D eigenvalue weighted by Gasteiger charge is -2.43. The summed E-state index contributed by atoms with van der Waals surface area (Å²) in [7, 11) is -6.04. The van der Waals surface area contributed by atoms with Gasteiger partial charge in [-0.1, -0.05) is 87.5 Å². The van der Waals surface area contributed by atoms with Crippen molar-refractivity contribution in [2.45, 2.75) is 31.9 Å². The molecule has 1 atom stereocenters. The normalized spacial score (nSPS) is 13.9. The smallest absolute Gasteiger partial charge is 0.261 e. The number of sulfonamides is 1. The molecule has 146 valence electrons. The van der Waals surface area contributed by atoms with Crippen LogP contribution in [-0.2, 0) is 14.4 Å². The van der Waals surface area contributed by atoms with E-state index in [2.05, 4.69) is 56.3 Å². The van der Waals surface area contributed by atoms with Crippen molar-refractivity contribution in [2.24, 2.45) is 0 Å². The Balaban J connectivity index is 2.54. The van der Waals surface area contributed by atoms with Crippen molar-refractivity contribution in [3.8, 4) is 0 Å². The van der Waals surface area contributed by atoms with Gasteiger partial charge in [0, 0.05) is 0 Å². The molecular weight excluding hydrogens is 374 g/mol. The molecule has 0 aromatic heterocycles. The highest BCUT2D eigenvalue weighted by molar-refractivity contribution is 7.88. The first-order valence-electron chi connectivity index (χ1n) is 8.95. The van der Waals surface area contributed by atoms with Crippen molar-refractivity contribution in [1.82, 2.24) is 4.72 Å². The molecule has 0 spiro atoms. The summed E-state index contributed by atoms with van der Waals surface area (Å²) in [5, 5.41) is 2.16. The minimum atomic E-state index is -3.35. The highest BCUT2D eigenvalue weighted by atomic mass is 32.2. The molecule has 2 aromatic carbocycles. The van der Waals surface area contributed by atoms with Gasteiger partial charge in [-0.15, -0.1) is 6.58 Å². The number of hydrogen-bond acceptors (Lipinski definition) is 3. The van der Waals surface area contributed by atoms with Crippen LogP contribution in [-0.4, -0.2) is 35.6 Å². The van der Waals surface area contributed by atoms with E-state index in [1.165, 1.54) is 0 Å². The zero-order valence-corrected chi connectivity index (χ0v) is 18.3. The summed E-state index contributed by atoms with van der Waals surface area (Å²) in [6, 6.07) is 20.0. The Morgan fingerprint density at radius 1 is 1.04 bits per heavy atom. The van der Waals surface area contributed by atoms with Crippen LogP contribution in [0, 0.1) is 0 Å². The van der Waals surface area contributed by atoms with Crippen molar-refractivity contribution >= 4 is 28.7 Å². The third-order valence-electron chi connectivity index (χ3n) is 4.55. The molecule has 0 aliphatic rings. The van der Waals surface area contributed by atoms with E-state index in [-0.39, 0.29) is 11.6 Å². The van der Waals surface area contributed by atoms with Crippen LogP contribution in [0.25, 0.3) is 0 Å². The Labute approximate surface area is 164 Å². The largest absolute Gasteiger partial charge is 0.405 e. The second-order valence-corrected chi connectivity index (χ2v) is 13.8. The summed E-state index contributed by atoms with van der Waals surface area (Å²) >= 11 is 0. The lowest BCUT2D eigenvalue weighted by molar-refractivity contribution is 0.281. The highest BCUT2D eigenvalue weighted by Gasteiger charge is 2.50. The predicted molar refractivity (Wildman–Crippen MR) is 116 cm³/mol. The molecule has 2 aromatic rings. The van der Waals surface area contributed by atoms with Gasteiger partial charge >= 0.3 is 0 Å². The van der Waals surface area contributed by atoms with E-state index in [1.54, 1.807) is 6.08 Å². The summed E-state index contributed by atoms with van der Waals surface area (Å²) in [4.78, 5) is 0. The molecule has 0 unspecified atom stereocenters. The van der Waals surface area contributed by atoms with E-state index in [9.17, 15) is 8.42 Å². The van der Waals surface area contributed by atoms with Crippen LogP contribution in [0.5, 0.6) is 0 Å². The van der Waals surface area contributed by atoms with Crippen LogP contribution in [0.3, 0.4) is 0 Å². The summed E-state index contributed by atoms with van der Waals surface area (Å²) in [5.74, 6) is 0. The molecule has 0 heterocycles. The van der Waals surface area contributed by atoms with E-state index in [4.69, 9.17) is 4.43 Å². The molecule has 27 heavy (non-hydrogen) atoms. The summed E-state index contributed by atoms with van der Waals surface area (Å²) in [6.45, 7) is 10.5. The molecule has 0 amide bonds. The monoisotopic (exact) mass is 403 g/mol. The summed E-state index contributed by atoms with van der Waals surface area (Å²) < 4.78 is 32.6. The zero-order valence-electron chi connectivity index (χ0n) is 16.5. The van der Waals surface area contributed by atoms with Crippen molar-refractivity contribution < 1.29 is 12.8 Å². The predicted octanol–water partition coefficient (Wildman–Crippen LogP) is 2.67. The minimum absolute atomic E-state index is 0.160. The first kappa shape index (κ1) is 21.6. The molecule has 0 aliphatic heterocycles. The van der Waals surface area contributed by atoms with E-state index in [0.717, 1.165) is 16.6 Å². The van der Waals surface area contributed by atoms with Gasteiger partial charge in [0.2, 0.25) is 10.0 Å². The number of nitrogens with one attached hydrogen (secondary N) is 1. The van der Waals surface area contributed by atoms with Gasteiger partial charge < -0.3 is 4.43 Å². The summed E-state index contributed by atoms with van der Waals surface area (Å²) in [5.41, 5.74) is 0. The van der Waals surface area contributed by atoms with Crippen LogP contribution in [0.2, 0.25) is 5.04 Å². The van der Waals surface area contributed by atoms with E-state index >= 15 is 0 Å². The molecule has 6 heteroatoms. The minimum Gasteiger partial charge on any atom is -0.405 e. The molecule has 0 aliphatic carbocycles. The van der Waals surface area contributed by atoms with Crippen molar-refractivity contribution in [3.63, 3.8) is 0 Å². The molecule has 0 fully saturated rings.